The minimum absolute atomic E-state index is 0.00254. The second kappa shape index (κ2) is 9.96. The van der Waals surface area contributed by atoms with E-state index in [0.717, 1.165) is 6.20 Å². The number of halogens is 3. The Labute approximate surface area is 210 Å². The second-order valence-corrected chi connectivity index (χ2v) is 10.6. The highest BCUT2D eigenvalue weighted by molar-refractivity contribution is 7.92. The molecule has 2 aliphatic heterocycles. The number of aromatic amines is 1. The van der Waals surface area contributed by atoms with E-state index >= 15 is 0 Å². The molecule has 0 amide bonds. The molecule has 0 bridgehead atoms. The molecule has 3 aromatic rings. The average Bonchev–Trinajstić information content (AvgIpc) is 3.55. The lowest BCUT2D eigenvalue weighted by molar-refractivity contribution is -0.136. The maximum absolute atomic E-state index is 13.6. The van der Waals surface area contributed by atoms with Crippen molar-refractivity contribution in [2.45, 2.75) is 29.0 Å². The number of nitrogens with one attached hydrogen (secondary N) is 4. The maximum atomic E-state index is 13.6. The number of hydrogen-bond acceptors (Lipinski definition) is 10. The molecule has 1 unspecified atom stereocenters. The molecule has 2 aliphatic rings. The number of nitrogens with zero attached hydrogens (tertiary/aromatic N) is 2. The number of fused-ring (bicyclic) bond motifs is 1. The van der Waals surface area contributed by atoms with Gasteiger partial charge in [-0.05, 0) is 18.6 Å². The molecule has 5 rings (SSSR count). The highest BCUT2D eigenvalue weighted by atomic mass is 32.2. The SMILES string of the molecule is COc1cc(S(=O)(=O)C2CNCCO2)ccc1Nc1nc(N[C@H]2CCOC2)c2c(C(F)(F)F)c[nH]c2n1. The van der Waals surface area contributed by atoms with Gasteiger partial charge in [0.25, 0.3) is 0 Å². The normalized spacial score (nSPS) is 20.8. The van der Waals surface area contributed by atoms with Gasteiger partial charge in [0, 0.05) is 32.0 Å². The molecule has 0 aliphatic carbocycles. The number of sulfone groups is 1. The summed E-state index contributed by atoms with van der Waals surface area (Å²) in [4.78, 5) is 11.1. The Morgan fingerprint density at radius 3 is 2.73 bits per heavy atom. The van der Waals surface area contributed by atoms with Crippen molar-refractivity contribution < 1.29 is 35.8 Å². The fourth-order valence-corrected chi connectivity index (χ4v) is 5.67. The Bertz CT molecular complexity index is 1390. The van der Waals surface area contributed by atoms with Crippen LogP contribution in [-0.2, 0) is 25.5 Å². The molecule has 200 valence electrons. The zero-order chi connectivity index (χ0) is 26.2. The van der Waals surface area contributed by atoms with Gasteiger partial charge < -0.3 is 35.1 Å². The van der Waals surface area contributed by atoms with E-state index in [9.17, 15) is 21.6 Å². The maximum Gasteiger partial charge on any atom is 0.418 e. The van der Waals surface area contributed by atoms with E-state index in [2.05, 4.69) is 30.9 Å². The van der Waals surface area contributed by atoms with Gasteiger partial charge in [-0.3, -0.25) is 0 Å². The molecular weight excluding hydrogens is 517 g/mol. The van der Waals surface area contributed by atoms with Crippen molar-refractivity contribution in [3.63, 3.8) is 0 Å². The number of ether oxygens (including phenoxy) is 3. The molecule has 4 heterocycles. The first-order chi connectivity index (χ1) is 17.7. The van der Waals surface area contributed by atoms with Crippen LogP contribution in [0.25, 0.3) is 11.0 Å². The summed E-state index contributed by atoms with van der Waals surface area (Å²) in [6.45, 7) is 1.84. The van der Waals surface area contributed by atoms with Gasteiger partial charge in [0.2, 0.25) is 15.8 Å². The summed E-state index contributed by atoms with van der Waals surface area (Å²) < 4.78 is 83.0. The number of alkyl halides is 3. The molecule has 2 fully saturated rings. The lowest BCUT2D eigenvalue weighted by Crippen LogP contribution is -2.43. The van der Waals surface area contributed by atoms with Crippen molar-refractivity contribution >= 4 is 38.3 Å². The Balaban J connectivity index is 1.49. The third-order valence-electron chi connectivity index (χ3n) is 6.10. The molecular formula is C22H25F3N6O5S. The zero-order valence-corrected chi connectivity index (χ0v) is 20.5. The average molecular weight is 543 g/mol. The quantitative estimate of drug-likeness (QED) is 0.352. The smallest absolute Gasteiger partial charge is 0.418 e. The van der Waals surface area contributed by atoms with E-state index in [1.165, 1.54) is 25.3 Å². The van der Waals surface area contributed by atoms with Gasteiger partial charge in [0.05, 0.1) is 47.9 Å². The van der Waals surface area contributed by atoms with Crippen molar-refractivity contribution in [1.82, 2.24) is 20.3 Å². The van der Waals surface area contributed by atoms with Crippen LogP contribution in [-0.4, -0.2) is 74.9 Å². The van der Waals surface area contributed by atoms with Crippen LogP contribution in [0.2, 0.25) is 0 Å². The number of hydrogen-bond donors (Lipinski definition) is 4. The Hall–Kier alpha value is -3.14. The summed E-state index contributed by atoms with van der Waals surface area (Å²) in [5, 5.41) is 8.77. The van der Waals surface area contributed by atoms with Crippen LogP contribution in [0.15, 0.2) is 29.3 Å². The molecule has 0 spiro atoms. The van der Waals surface area contributed by atoms with E-state index < -0.39 is 27.0 Å². The molecule has 0 saturated carbocycles. The first-order valence-corrected chi connectivity index (χ1v) is 13.0. The Kier molecular flexibility index (Phi) is 6.87. The number of aromatic nitrogens is 3. The lowest BCUT2D eigenvalue weighted by atomic mass is 10.2. The predicted molar refractivity (Wildman–Crippen MR) is 128 cm³/mol. The van der Waals surface area contributed by atoms with E-state index in [1.54, 1.807) is 0 Å². The zero-order valence-electron chi connectivity index (χ0n) is 19.7. The highest BCUT2D eigenvalue weighted by Gasteiger charge is 2.36. The number of benzene rings is 1. The Morgan fingerprint density at radius 2 is 2.05 bits per heavy atom. The summed E-state index contributed by atoms with van der Waals surface area (Å²) >= 11 is 0. The third-order valence-corrected chi connectivity index (χ3v) is 8.00. The van der Waals surface area contributed by atoms with Crippen LogP contribution >= 0.6 is 0 Å². The number of methoxy groups -OCH3 is 1. The second-order valence-electron chi connectivity index (χ2n) is 8.56. The highest BCUT2D eigenvalue weighted by Crippen LogP contribution is 2.39. The first kappa shape index (κ1) is 25.5. The van der Waals surface area contributed by atoms with Crippen LogP contribution in [0.3, 0.4) is 0 Å². The minimum atomic E-state index is -4.61. The van der Waals surface area contributed by atoms with E-state index in [-0.39, 0.29) is 52.6 Å². The number of anilines is 3. The predicted octanol–water partition coefficient (Wildman–Crippen LogP) is 2.65. The molecule has 15 heteroatoms. The number of H-pyrrole nitrogens is 1. The molecule has 11 nitrogen and oxygen atoms in total. The van der Waals surface area contributed by atoms with Crippen LogP contribution in [0.5, 0.6) is 5.75 Å². The first-order valence-electron chi connectivity index (χ1n) is 11.5. The fourth-order valence-electron chi connectivity index (χ4n) is 4.22. The standard InChI is InChI=1S/C22H25F3N6O5S/c1-34-16-8-13(37(32,33)17-10-26-5-7-36-17)2-3-15(16)29-21-30-19-18(14(9-27-19)22(23,24)25)20(31-21)28-12-4-6-35-11-12/h2-3,8-9,12,17,26H,4-7,10-11H2,1H3,(H3,27,28,29,30,31)/t12-,17?/m0/s1. The van der Waals surface area contributed by atoms with Crippen LogP contribution < -0.4 is 20.7 Å². The van der Waals surface area contributed by atoms with Gasteiger partial charge >= 0.3 is 6.18 Å². The number of rotatable bonds is 7. The molecule has 0 radical (unpaired) electrons. The van der Waals surface area contributed by atoms with Gasteiger partial charge in [-0.2, -0.15) is 23.1 Å². The summed E-state index contributed by atoms with van der Waals surface area (Å²) in [6, 6.07) is 4.00. The summed E-state index contributed by atoms with van der Waals surface area (Å²) in [6.07, 6.45) is -3.15. The van der Waals surface area contributed by atoms with Gasteiger partial charge in [-0.1, -0.05) is 0 Å². The largest absolute Gasteiger partial charge is 0.495 e. The summed E-state index contributed by atoms with van der Waals surface area (Å²) in [5.74, 6) is 0.157. The Morgan fingerprint density at radius 1 is 1.22 bits per heavy atom. The topological polar surface area (TPSA) is 139 Å². The van der Waals surface area contributed by atoms with Crippen LogP contribution in [0, 0.1) is 0 Å². The van der Waals surface area contributed by atoms with Gasteiger partial charge in [-0.15, -0.1) is 0 Å². The van der Waals surface area contributed by atoms with Crippen molar-refractivity contribution in [3.8, 4) is 5.75 Å². The van der Waals surface area contributed by atoms with Crippen molar-refractivity contribution in [2.24, 2.45) is 0 Å². The molecule has 2 saturated heterocycles. The number of morpholine rings is 1. The third kappa shape index (κ3) is 5.16. The molecule has 2 atom stereocenters. The van der Waals surface area contributed by atoms with E-state index in [1.807, 2.05) is 0 Å². The van der Waals surface area contributed by atoms with Gasteiger partial charge in [-0.25, -0.2) is 8.42 Å². The van der Waals surface area contributed by atoms with E-state index in [4.69, 9.17) is 14.2 Å². The van der Waals surface area contributed by atoms with Crippen LogP contribution in [0.1, 0.15) is 12.0 Å². The minimum Gasteiger partial charge on any atom is -0.495 e. The van der Waals surface area contributed by atoms with Gasteiger partial charge in [0.1, 0.15) is 17.2 Å². The molecule has 1 aromatic carbocycles. The van der Waals surface area contributed by atoms with Crippen molar-refractivity contribution in [2.75, 3.05) is 50.7 Å². The molecule has 37 heavy (non-hydrogen) atoms. The van der Waals surface area contributed by atoms with Crippen LogP contribution in [0.4, 0.5) is 30.6 Å². The monoisotopic (exact) mass is 542 g/mol. The molecule has 4 N–H and O–H groups in total. The fraction of sp³-hybridized carbons (Fsp3) is 0.455. The van der Waals surface area contributed by atoms with Gasteiger partial charge in [0.15, 0.2) is 5.44 Å². The van der Waals surface area contributed by atoms with E-state index in [0.29, 0.717) is 31.9 Å². The summed E-state index contributed by atoms with van der Waals surface area (Å²) in [5.41, 5.74) is -1.62. The van der Waals surface area contributed by atoms with Crippen molar-refractivity contribution in [3.05, 3.63) is 30.0 Å². The summed E-state index contributed by atoms with van der Waals surface area (Å²) in [7, 11) is -2.43. The van der Waals surface area contributed by atoms with Crippen molar-refractivity contribution in [1.29, 1.82) is 0 Å². The molecule has 2 aromatic heterocycles. The lowest BCUT2D eigenvalue weighted by Gasteiger charge is -2.24.